The van der Waals surface area contributed by atoms with Crippen molar-refractivity contribution >= 4 is 5.78 Å². The minimum Gasteiger partial charge on any atom is -0.302 e. The average molecular weight is 286 g/mol. The number of carbonyl (C=O) groups excluding carboxylic acids is 1. The largest absolute Gasteiger partial charge is 0.302 e. The van der Waals surface area contributed by atoms with Crippen LogP contribution < -0.4 is 0 Å². The van der Waals surface area contributed by atoms with Crippen LogP contribution in [-0.2, 0) is 6.54 Å². The first-order valence-corrected chi connectivity index (χ1v) is 6.93. The Labute approximate surface area is 124 Å². The molecule has 1 heterocycles. The minimum absolute atomic E-state index is 0.0352. The van der Waals surface area contributed by atoms with Gasteiger partial charge in [-0.25, -0.2) is 4.39 Å². The molecule has 110 valence electrons. The van der Waals surface area contributed by atoms with Gasteiger partial charge in [0, 0.05) is 37.5 Å². The molecular formula is C17H19FN2O. The molecule has 0 saturated carbocycles. The van der Waals surface area contributed by atoms with Crippen LogP contribution in [0.2, 0.25) is 0 Å². The highest BCUT2D eigenvalue weighted by Crippen LogP contribution is 2.11. The third-order valence-electron chi connectivity index (χ3n) is 3.39. The zero-order valence-electron chi connectivity index (χ0n) is 12.3. The van der Waals surface area contributed by atoms with Crippen LogP contribution >= 0.6 is 0 Å². The molecule has 0 N–H and O–H groups in total. The highest BCUT2D eigenvalue weighted by Gasteiger charge is 2.10. The molecule has 0 saturated heterocycles. The zero-order valence-corrected chi connectivity index (χ0v) is 12.3. The summed E-state index contributed by atoms with van der Waals surface area (Å²) >= 11 is 0. The predicted molar refractivity (Wildman–Crippen MR) is 80.7 cm³/mol. The number of ketones is 1. The van der Waals surface area contributed by atoms with Gasteiger partial charge in [-0.05, 0) is 37.2 Å². The van der Waals surface area contributed by atoms with Crippen molar-refractivity contribution in [2.24, 2.45) is 0 Å². The molecule has 0 aliphatic heterocycles. The van der Waals surface area contributed by atoms with Gasteiger partial charge in [-0.15, -0.1) is 0 Å². The van der Waals surface area contributed by atoms with Gasteiger partial charge in [0.2, 0.25) is 0 Å². The van der Waals surface area contributed by atoms with E-state index in [0.717, 1.165) is 12.1 Å². The van der Waals surface area contributed by atoms with Crippen molar-refractivity contribution in [1.29, 1.82) is 0 Å². The zero-order chi connectivity index (χ0) is 15.2. The summed E-state index contributed by atoms with van der Waals surface area (Å²) in [5.41, 5.74) is 2.10. The average Bonchev–Trinajstić information content (AvgIpc) is 2.48. The van der Waals surface area contributed by atoms with E-state index >= 15 is 0 Å². The van der Waals surface area contributed by atoms with Crippen molar-refractivity contribution in [2.75, 3.05) is 13.6 Å². The van der Waals surface area contributed by atoms with E-state index in [2.05, 4.69) is 9.88 Å². The first-order valence-electron chi connectivity index (χ1n) is 6.93. The Morgan fingerprint density at radius 1 is 1.33 bits per heavy atom. The Hall–Kier alpha value is -2.07. The van der Waals surface area contributed by atoms with Gasteiger partial charge < -0.3 is 4.90 Å². The fourth-order valence-corrected chi connectivity index (χ4v) is 2.09. The number of carbonyl (C=O) groups is 1. The van der Waals surface area contributed by atoms with Gasteiger partial charge in [-0.3, -0.25) is 9.78 Å². The lowest BCUT2D eigenvalue weighted by atomic mass is 10.1. The molecule has 0 aliphatic carbocycles. The maximum atomic E-state index is 13.5. The molecular weight excluding hydrogens is 267 g/mol. The first kappa shape index (κ1) is 15.3. The number of halogens is 1. The highest BCUT2D eigenvalue weighted by atomic mass is 19.1. The van der Waals surface area contributed by atoms with Crippen LogP contribution in [0.25, 0.3) is 0 Å². The molecule has 4 heteroatoms. The third-order valence-corrected chi connectivity index (χ3v) is 3.39. The van der Waals surface area contributed by atoms with Crippen molar-refractivity contribution in [3.63, 3.8) is 0 Å². The number of Topliss-reactive ketones (excluding diaryl/α,β-unsaturated/α-hetero) is 1. The van der Waals surface area contributed by atoms with Gasteiger partial charge in [0.15, 0.2) is 5.78 Å². The molecule has 0 spiro atoms. The summed E-state index contributed by atoms with van der Waals surface area (Å²) in [6.45, 7) is 3.05. The van der Waals surface area contributed by atoms with E-state index in [1.165, 1.54) is 6.07 Å². The summed E-state index contributed by atoms with van der Waals surface area (Å²) in [5.74, 6) is -0.364. The molecule has 0 amide bonds. The number of pyridine rings is 1. The molecule has 0 unspecified atom stereocenters. The van der Waals surface area contributed by atoms with Crippen molar-refractivity contribution in [2.45, 2.75) is 19.9 Å². The SMILES string of the molecule is Cc1ccc(C(=O)CCN(C)Cc2cccnc2)cc1F. The standard InChI is InChI=1S/C17H19FN2O/c1-13-5-6-15(10-16(13)18)17(21)7-9-20(2)12-14-4-3-8-19-11-14/h3-6,8,10-11H,7,9,12H2,1-2H3. The second-order valence-electron chi connectivity index (χ2n) is 5.24. The minimum atomic E-state index is -0.329. The van der Waals surface area contributed by atoms with Crippen LogP contribution in [0.15, 0.2) is 42.7 Å². The number of aromatic nitrogens is 1. The van der Waals surface area contributed by atoms with E-state index < -0.39 is 0 Å². The summed E-state index contributed by atoms with van der Waals surface area (Å²) in [5, 5.41) is 0. The second-order valence-corrected chi connectivity index (χ2v) is 5.24. The number of aryl methyl sites for hydroxylation is 1. The molecule has 1 aromatic carbocycles. The van der Waals surface area contributed by atoms with Crippen LogP contribution in [0.5, 0.6) is 0 Å². The number of benzene rings is 1. The van der Waals surface area contributed by atoms with Crippen LogP contribution in [0, 0.1) is 12.7 Å². The Morgan fingerprint density at radius 2 is 2.14 bits per heavy atom. The number of hydrogen-bond acceptors (Lipinski definition) is 3. The number of rotatable bonds is 6. The lowest BCUT2D eigenvalue weighted by Gasteiger charge is -2.16. The van der Waals surface area contributed by atoms with E-state index in [9.17, 15) is 9.18 Å². The summed E-state index contributed by atoms with van der Waals surface area (Å²) in [6.07, 6.45) is 3.92. The molecule has 0 radical (unpaired) electrons. The summed E-state index contributed by atoms with van der Waals surface area (Å²) in [7, 11) is 1.95. The van der Waals surface area contributed by atoms with Gasteiger partial charge in [0.1, 0.15) is 5.82 Å². The van der Waals surface area contributed by atoms with Crippen LogP contribution in [-0.4, -0.2) is 29.3 Å². The molecule has 2 rings (SSSR count). The van der Waals surface area contributed by atoms with E-state index in [1.807, 2.05) is 25.4 Å². The van der Waals surface area contributed by atoms with Crippen molar-refractivity contribution in [3.05, 3.63) is 65.2 Å². The molecule has 21 heavy (non-hydrogen) atoms. The Morgan fingerprint density at radius 3 is 2.81 bits per heavy atom. The van der Waals surface area contributed by atoms with Crippen molar-refractivity contribution in [1.82, 2.24) is 9.88 Å². The fourth-order valence-electron chi connectivity index (χ4n) is 2.09. The van der Waals surface area contributed by atoms with Crippen molar-refractivity contribution < 1.29 is 9.18 Å². The second kappa shape index (κ2) is 7.09. The van der Waals surface area contributed by atoms with Gasteiger partial charge in [-0.2, -0.15) is 0 Å². The lowest BCUT2D eigenvalue weighted by Crippen LogP contribution is -2.21. The molecule has 0 bridgehead atoms. The summed E-state index contributed by atoms with van der Waals surface area (Å²) < 4.78 is 13.5. The maximum absolute atomic E-state index is 13.5. The Bertz CT molecular complexity index is 613. The monoisotopic (exact) mass is 286 g/mol. The van der Waals surface area contributed by atoms with E-state index in [0.29, 0.717) is 24.1 Å². The number of nitrogens with zero attached hydrogens (tertiary/aromatic N) is 2. The number of hydrogen-bond donors (Lipinski definition) is 0. The molecule has 0 aliphatic rings. The van der Waals surface area contributed by atoms with Crippen molar-refractivity contribution in [3.8, 4) is 0 Å². The summed E-state index contributed by atoms with van der Waals surface area (Å²) in [4.78, 5) is 18.2. The van der Waals surface area contributed by atoms with Gasteiger partial charge in [0.25, 0.3) is 0 Å². The predicted octanol–water partition coefficient (Wildman–Crippen LogP) is 3.23. The van der Waals surface area contributed by atoms with E-state index in [1.54, 1.807) is 25.3 Å². The molecule has 1 aromatic heterocycles. The van der Waals surface area contributed by atoms with Gasteiger partial charge in [-0.1, -0.05) is 18.2 Å². The maximum Gasteiger partial charge on any atom is 0.164 e. The topological polar surface area (TPSA) is 33.2 Å². The molecule has 3 nitrogen and oxygen atoms in total. The lowest BCUT2D eigenvalue weighted by molar-refractivity contribution is 0.0967. The van der Waals surface area contributed by atoms with E-state index in [4.69, 9.17) is 0 Å². The van der Waals surface area contributed by atoms with Gasteiger partial charge in [0.05, 0.1) is 0 Å². The first-order chi connectivity index (χ1) is 10.1. The summed E-state index contributed by atoms with van der Waals surface area (Å²) in [6, 6.07) is 8.53. The van der Waals surface area contributed by atoms with Gasteiger partial charge >= 0.3 is 0 Å². The van der Waals surface area contributed by atoms with Crippen LogP contribution in [0.1, 0.15) is 27.9 Å². The third kappa shape index (κ3) is 4.46. The van der Waals surface area contributed by atoms with Crippen LogP contribution in [0.3, 0.4) is 0 Å². The molecule has 0 atom stereocenters. The molecule has 0 fully saturated rings. The normalized spacial score (nSPS) is 10.9. The molecule has 2 aromatic rings. The smallest absolute Gasteiger partial charge is 0.164 e. The van der Waals surface area contributed by atoms with E-state index in [-0.39, 0.29) is 11.6 Å². The highest BCUT2D eigenvalue weighted by molar-refractivity contribution is 5.96. The quantitative estimate of drug-likeness (QED) is 0.764. The van der Waals surface area contributed by atoms with Crippen LogP contribution in [0.4, 0.5) is 4.39 Å². The Kier molecular flexibility index (Phi) is 5.17. The fraction of sp³-hybridized carbons (Fsp3) is 0.294. The Balaban J connectivity index is 1.87.